The van der Waals surface area contributed by atoms with Gasteiger partial charge in [0.25, 0.3) is 0 Å². The molecule has 5 heteroatoms. The van der Waals surface area contributed by atoms with Crippen molar-refractivity contribution in [2.45, 2.75) is 27.2 Å². The smallest absolute Gasteiger partial charge is 0.317 e. The van der Waals surface area contributed by atoms with Gasteiger partial charge in [-0.2, -0.15) is 0 Å². The minimum Gasteiger partial charge on any atom is -0.481 e. The molecule has 1 unspecified atom stereocenters. The number of rotatable bonds is 6. The van der Waals surface area contributed by atoms with Crippen molar-refractivity contribution in [3.63, 3.8) is 0 Å². The summed E-state index contributed by atoms with van der Waals surface area (Å²) in [6.45, 7) is 7.34. The highest BCUT2D eigenvalue weighted by molar-refractivity contribution is 5.74. The number of nitrogens with zero attached hydrogens (tertiary/aromatic N) is 1. The number of amides is 2. The van der Waals surface area contributed by atoms with Crippen LogP contribution in [-0.4, -0.2) is 41.6 Å². The summed E-state index contributed by atoms with van der Waals surface area (Å²) in [6, 6.07) is -0.128. The zero-order chi connectivity index (χ0) is 11.8. The van der Waals surface area contributed by atoms with Crippen LogP contribution in [0.5, 0.6) is 0 Å². The molecule has 1 atom stereocenters. The lowest BCUT2D eigenvalue weighted by Gasteiger charge is -2.20. The topological polar surface area (TPSA) is 69.6 Å². The quantitative estimate of drug-likeness (QED) is 0.699. The van der Waals surface area contributed by atoms with E-state index in [1.165, 1.54) is 0 Å². The number of hydrogen-bond acceptors (Lipinski definition) is 2. The van der Waals surface area contributed by atoms with E-state index in [0.717, 1.165) is 0 Å². The van der Waals surface area contributed by atoms with Crippen LogP contribution in [0.1, 0.15) is 27.2 Å². The van der Waals surface area contributed by atoms with Gasteiger partial charge in [0.05, 0.1) is 0 Å². The monoisotopic (exact) mass is 216 g/mol. The minimum absolute atomic E-state index is 0.0398. The first kappa shape index (κ1) is 13.7. The van der Waals surface area contributed by atoms with Crippen LogP contribution in [0.4, 0.5) is 4.79 Å². The molecule has 0 aliphatic heterocycles. The second-order valence-corrected chi connectivity index (χ2v) is 3.56. The van der Waals surface area contributed by atoms with Gasteiger partial charge in [-0.1, -0.05) is 6.92 Å². The number of carboxylic acid groups (broad SMARTS) is 1. The summed E-state index contributed by atoms with van der Waals surface area (Å²) in [4.78, 5) is 23.5. The summed E-state index contributed by atoms with van der Waals surface area (Å²) in [5.74, 6) is -0.874. The first-order chi connectivity index (χ1) is 7.01. The third-order valence-electron chi connectivity index (χ3n) is 2.18. The molecule has 15 heavy (non-hydrogen) atoms. The van der Waals surface area contributed by atoms with Crippen LogP contribution in [0.2, 0.25) is 0 Å². The molecule has 0 bridgehead atoms. The van der Waals surface area contributed by atoms with Crippen LogP contribution < -0.4 is 5.32 Å². The highest BCUT2D eigenvalue weighted by Crippen LogP contribution is 1.99. The second-order valence-electron chi connectivity index (χ2n) is 3.56. The number of carbonyl (C=O) groups excluding carboxylic acids is 1. The van der Waals surface area contributed by atoms with E-state index in [1.807, 2.05) is 13.8 Å². The Morgan fingerprint density at radius 3 is 2.27 bits per heavy atom. The van der Waals surface area contributed by atoms with E-state index >= 15 is 0 Å². The molecule has 2 N–H and O–H groups in total. The molecule has 88 valence electrons. The molecule has 5 nitrogen and oxygen atoms in total. The lowest BCUT2D eigenvalue weighted by Crippen LogP contribution is -2.41. The lowest BCUT2D eigenvalue weighted by molar-refractivity contribution is -0.137. The van der Waals surface area contributed by atoms with Gasteiger partial charge in [0.15, 0.2) is 0 Å². The Hall–Kier alpha value is -1.26. The van der Waals surface area contributed by atoms with Crippen LogP contribution in [0, 0.1) is 5.92 Å². The highest BCUT2D eigenvalue weighted by atomic mass is 16.4. The molecule has 0 rings (SSSR count). The van der Waals surface area contributed by atoms with Crippen LogP contribution in [-0.2, 0) is 4.79 Å². The molecular formula is C10H20N2O3. The van der Waals surface area contributed by atoms with Crippen molar-refractivity contribution in [1.29, 1.82) is 0 Å². The molecule has 0 saturated carbocycles. The number of nitrogens with one attached hydrogen (secondary N) is 1. The van der Waals surface area contributed by atoms with Gasteiger partial charge >= 0.3 is 12.0 Å². The minimum atomic E-state index is -0.834. The van der Waals surface area contributed by atoms with E-state index in [9.17, 15) is 9.59 Å². The van der Waals surface area contributed by atoms with Crippen LogP contribution in [0.25, 0.3) is 0 Å². The predicted octanol–water partition coefficient (Wildman–Crippen LogP) is 1.15. The zero-order valence-electron chi connectivity index (χ0n) is 9.62. The highest BCUT2D eigenvalue weighted by Gasteiger charge is 2.12. The number of hydrogen-bond donors (Lipinski definition) is 2. The van der Waals surface area contributed by atoms with E-state index in [1.54, 1.807) is 11.8 Å². The average molecular weight is 216 g/mol. The molecule has 0 aliphatic carbocycles. The Morgan fingerprint density at radius 1 is 1.33 bits per heavy atom. The summed E-state index contributed by atoms with van der Waals surface area (Å²) in [7, 11) is 0. The molecule has 0 fully saturated rings. The van der Waals surface area contributed by atoms with E-state index in [2.05, 4.69) is 5.32 Å². The summed E-state index contributed by atoms with van der Waals surface area (Å²) in [6.07, 6.45) is 0.0819. The third-order valence-corrected chi connectivity index (χ3v) is 2.18. The Balaban J connectivity index is 3.83. The van der Waals surface area contributed by atoms with Crippen LogP contribution in [0.15, 0.2) is 0 Å². The lowest BCUT2D eigenvalue weighted by atomic mass is 10.1. The largest absolute Gasteiger partial charge is 0.481 e. The summed E-state index contributed by atoms with van der Waals surface area (Å²) >= 11 is 0. The van der Waals surface area contributed by atoms with Gasteiger partial charge in [-0.3, -0.25) is 4.79 Å². The Bertz CT molecular complexity index is 215. The van der Waals surface area contributed by atoms with Gasteiger partial charge in [0.1, 0.15) is 0 Å². The van der Waals surface area contributed by atoms with Crippen molar-refractivity contribution in [1.82, 2.24) is 10.2 Å². The fourth-order valence-corrected chi connectivity index (χ4v) is 1.25. The number of carbonyl (C=O) groups is 2. The SMILES string of the molecule is CCN(CC)C(=O)NCC(C)CC(=O)O. The van der Waals surface area contributed by atoms with Gasteiger partial charge in [-0.25, -0.2) is 4.79 Å². The maximum atomic E-state index is 11.5. The van der Waals surface area contributed by atoms with Crippen molar-refractivity contribution >= 4 is 12.0 Å². The molecule has 0 saturated heterocycles. The third kappa shape index (κ3) is 5.93. The Labute approximate surface area is 90.5 Å². The second kappa shape index (κ2) is 7.09. The number of carboxylic acids is 1. The van der Waals surface area contributed by atoms with Crippen molar-refractivity contribution in [3.8, 4) is 0 Å². The van der Waals surface area contributed by atoms with E-state index < -0.39 is 5.97 Å². The molecular weight excluding hydrogens is 196 g/mol. The first-order valence-corrected chi connectivity index (χ1v) is 5.25. The Kier molecular flexibility index (Phi) is 6.49. The molecule has 0 aromatic rings. The number of urea groups is 1. The molecule has 0 aromatic heterocycles. The van der Waals surface area contributed by atoms with Crippen molar-refractivity contribution < 1.29 is 14.7 Å². The molecule has 0 spiro atoms. The molecule has 0 aromatic carbocycles. The standard InChI is InChI=1S/C10H20N2O3/c1-4-12(5-2)10(15)11-7-8(3)6-9(13)14/h8H,4-7H2,1-3H3,(H,11,15)(H,13,14). The maximum Gasteiger partial charge on any atom is 0.317 e. The van der Waals surface area contributed by atoms with Crippen molar-refractivity contribution in [3.05, 3.63) is 0 Å². The fraction of sp³-hybridized carbons (Fsp3) is 0.800. The molecule has 0 heterocycles. The van der Waals surface area contributed by atoms with Crippen LogP contribution >= 0.6 is 0 Å². The molecule has 0 aliphatic rings. The average Bonchev–Trinajstić information content (AvgIpc) is 2.15. The summed E-state index contributed by atoms with van der Waals surface area (Å²) in [5, 5.41) is 11.2. The molecule has 2 amide bonds. The molecule has 0 radical (unpaired) electrons. The maximum absolute atomic E-state index is 11.5. The van der Waals surface area contributed by atoms with Crippen LogP contribution in [0.3, 0.4) is 0 Å². The van der Waals surface area contributed by atoms with E-state index in [-0.39, 0.29) is 18.4 Å². The van der Waals surface area contributed by atoms with Gasteiger partial charge < -0.3 is 15.3 Å². The van der Waals surface area contributed by atoms with Gasteiger partial charge in [0, 0.05) is 26.1 Å². The first-order valence-electron chi connectivity index (χ1n) is 5.25. The van der Waals surface area contributed by atoms with Gasteiger partial charge in [0.2, 0.25) is 0 Å². The van der Waals surface area contributed by atoms with Gasteiger partial charge in [-0.05, 0) is 19.8 Å². The Morgan fingerprint density at radius 2 is 1.87 bits per heavy atom. The number of aliphatic carboxylic acids is 1. The summed E-state index contributed by atoms with van der Waals surface area (Å²) in [5.41, 5.74) is 0. The predicted molar refractivity (Wildman–Crippen MR) is 57.7 cm³/mol. The van der Waals surface area contributed by atoms with E-state index in [4.69, 9.17) is 5.11 Å². The normalized spacial score (nSPS) is 11.9. The van der Waals surface area contributed by atoms with Crippen molar-refractivity contribution in [2.24, 2.45) is 5.92 Å². The van der Waals surface area contributed by atoms with Crippen molar-refractivity contribution in [2.75, 3.05) is 19.6 Å². The fourth-order valence-electron chi connectivity index (χ4n) is 1.25. The zero-order valence-corrected chi connectivity index (χ0v) is 9.62. The summed E-state index contributed by atoms with van der Waals surface area (Å²) < 4.78 is 0. The van der Waals surface area contributed by atoms with Gasteiger partial charge in [-0.15, -0.1) is 0 Å². The van der Waals surface area contributed by atoms with E-state index in [0.29, 0.717) is 19.6 Å².